The SMILES string of the molecule is CC(C)(C)OC(=O)N1CC(O)C(O)C12CCS(=O)(=O)CC2. The molecule has 2 atom stereocenters. The van der Waals surface area contributed by atoms with Crippen LogP contribution in [0.4, 0.5) is 4.79 Å². The van der Waals surface area contributed by atoms with Gasteiger partial charge in [-0.05, 0) is 33.6 Å². The van der Waals surface area contributed by atoms with Gasteiger partial charge in [-0.15, -0.1) is 0 Å². The standard InChI is InChI=1S/C13H23NO6S/c1-12(2,3)20-11(17)14-8-9(15)10(16)13(14)4-6-21(18,19)7-5-13/h9-10,15-16H,4-8H2,1-3H3. The summed E-state index contributed by atoms with van der Waals surface area (Å²) in [6.07, 6.45) is -2.63. The van der Waals surface area contributed by atoms with Gasteiger partial charge in [0.15, 0.2) is 9.84 Å². The zero-order valence-corrected chi connectivity index (χ0v) is 13.4. The van der Waals surface area contributed by atoms with Gasteiger partial charge in [0.05, 0.1) is 29.7 Å². The Hall–Kier alpha value is -0.860. The molecule has 2 aliphatic heterocycles. The molecule has 122 valence electrons. The van der Waals surface area contributed by atoms with Crippen molar-refractivity contribution in [3.8, 4) is 0 Å². The van der Waals surface area contributed by atoms with Gasteiger partial charge < -0.3 is 14.9 Å². The minimum absolute atomic E-state index is 0.0455. The summed E-state index contributed by atoms with van der Waals surface area (Å²) in [7, 11) is -3.14. The van der Waals surface area contributed by atoms with Crippen LogP contribution in [-0.4, -0.2) is 71.0 Å². The first kappa shape index (κ1) is 16.5. The average Bonchev–Trinajstić information content (AvgIpc) is 2.56. The van der Waals surface area contributed by atoms with Crippen LogP contribution in [0.15, 0.2) is 0 Å². The molecule has 7 nitrogen and oxygen atoms in total. The van der Waals surface area contributed by atoms with Crippen LogP contribution in [0, 0.1) is 0 Å². The molecule has 2 saturated heterocycles. The van der Waals surface area contributed by atoms with E-state index in [1.165, 1.54) is 4.90 Å². The van der Waals surface area contributed by atoms with Gasteiger partial charge >= 0.3 is 6.09 Å². The van der Waals surface area contributed by atoms with Crippen molar-refractivity contribution in [2.75, 3.05) is 18.1 Å². The predicted octanol–water partition coefficient (Wildman–Crippen LogP) is -0.0937. The van der Waals surface area contributed by atoms with Gasteiger partial charge in [-0.2, -0.15) is 0 Å². The van der Waals surface area contributed by atoms with E-state index in [0.717, 1.165) is 0 Å². The van der Waals surface area contributed by atoms with Crippen molar-refractivity contribution in [2.24, 2.45) is 0 Å². The first-order valence-corrected chi connectivity index (χ1v) is 8.86. The van der Waals surface area contributed by atoms with Crippen molar-refractivity contribution in [1.82, 2.24) is 4.90 Å². The largest absolute Gasteiger partial charge is 0.444 e. The van der Waals surface area contributed by atoms with Gasteiger partial charge in [0.2, 0.25) is 0 Å². The van der Waals surface area contributed by atoms with E-state index in [4.69, 9.17) is 4.74 Å². The Morgan fingerprint density at radius 2 is 1.76 bits per heavy atom. The van der Waals surface area contributed by atoms with Crippen molar-refractivity contribution < 1.29 is 28.2 Å². The maximum atomic E-state index is 12.3. The highest BCUT2D eigenvalue weighted by molar-refractivity contribution is 7.91. The highest BCUT2D eigenvalue weighted by Crippen LogP contribution is 2.40. The fraction of sp³-hybridized carbons (Fsp3) is 0.923. The van der Waals surface area contributed by atoms with Crippen LogP contribution in [0.3, 0.4) is 0 Å². The van der Waals surface area contributed by atoms with Crippen LogP contribution in [0.25, 0.3) is 0 Å². The highest BCUT2D eigenvalue weighted by Gasteiger charge is 2.57. The summed E-state index contributed by atoms with van der Waals surface area (Å²) in [5.41, 5.74) is -1.75. The molecule has 0 saturated carbocycles. The van der Waals surface area contributed by atoms with Crippen molar-refractivity contribution in [2.45, 2.75) is 57.0 Å². The Bertz CT molecular complexity index is 509. The molecular weight excluding hydrogens is 298 g/mol. The molecule has 2 rings (SSSR count). The third-order valence-electron chi connectivity index (χ3n) is 4.13. The van der Waals surface area contributed by atoms with Crippen LogP contribution in [0.1, 0.15) is 33.6 Å². The molecule has 0 aliphatic carbocycles. The maximum absolute atomic E-state index is 12.3. The molecule has 1 amide bonds. The van der Waals surface area contributed by atoms with E-state index in [0.29, 0.717) is 0 Å². The van der Waals surface area contributed by atoms with Gasteiger partial charge in [0.25, 0.3) is 0 Å². The smallest absolute Gasteiger partial charge is 0.410 e. The van der Waals surface area contributed by atoms with Gasteiger partial charge in [-0.25, -0.2) is 13.2 Å². The third-order valence-corrected chi connectivity index (χ3v) is 5.78. The number of carbonyl (C=O) groups excluding carboxylic acids is 1. The number of β-amino-alcohol motifs (C(OH)–C–C–N with tert-alkyl or cyclic N) is 1. The molecular formula is C13H23NO6S. The summed E-state index contributed by atoms with van der Waals surface area (Å²) in [4.78, 5) is 13.6. The number of aliphatic hydroxyl groups is 2. The molecule has 0 radical (unpaired) electrons. The summed E-state index contributed by atoms with van der Waals surface area (Å²) in [6, 6.07) is 0. The molecule has 2 heterocycles. The van der Waals surface area contributed by atoms with Gasteiger partial charge in [-0.1, -0.05) is 0 Å². The Kier molecular flexibility index (Phi) is 4.01. The fourth-order valence-electron chi connectivity index (χ4n) is 3.02. The summed E-state index contributed by atoms with van der Waals surface area (Å²) in [5.74, 6) is -0.202. The lowest BCUT2D eigenvalue weighted by Gasteiger charge is -2.43. The molecule has 2 aliphatic rings. The number of sulfone groups is 1. The lowest BCUT2D eigenvalue weighted by molar-refractivity contribution is -0.0290. The molecule has 21 heavy (non-hydrogen) atoms. The topological polar surface area (TPSA) is 104 Å². The summed E-state index contributed by atoms with van der Waals surface area (Å²) < 4.78 is 28.5. The Morgan fingerprint density at radius 1 is 1.24 bits per heavy atom. The molecule has 2 fully saturated rings. The fourth-order valence-corrected chi connectivity index (χ4v) is 4.55. The number of carbonyl (C=O) groups is 1. The van der Waals surface area contributed by atoms with Gasteiger partial charge in [0, 0.05) is 0 Å². The Labute approximate surface area is 124 Å². The first-order chi connectivity index (χ1) is 9.47. The number of hydrogen-bond acceptors (Lipinski definition) is 6. The quantitative estimate of drug-likeness (QED) is 0.646. The maximum Gasteiger partial charge on any atom is 0.410 e. The third kappa shape index (κ3) is 3.17. The number of hydrogen-bond donors (Lipinski definition) is 2. The summed E-state index contributed by atoms with van der Waals surface area (Å²) in [5, 5.41) is 20.2. The zero-order valence-electron chi connectivity index (χ0n) is 12.6. The van der Waals surface area contributed by atoms with Crippen LogP contribution in [-0.2, 0) is 14.6 Å². The van der Waals surface area contributed by atoms with Crippen molar-refractivity contribution >= 4 is 15.9 Å². The molecule has 8 heteroatoms. The second kappa shape index (κ2) is 5.10. The monoisotopic (exact) mass is 321 g/mol. The Morgan fingerprint density at radius 3 is 2.24 bits per heavy atom. The minimum Gasteiger partial charge on any atom is -0.444 e. The number of amides is 1. The number of rotatable bonds is 0. The summed E-state index contributed by atoms with van der Waals surface area (Å²) >= 11 is 0. The minimum atomic E-state index is -3.14. The number of nitrogens with zero attached hydrogens (tertiary/aromatic N) is 1. The van der Waals surface area contributed by atoms with Crippen molar-refractivity contribution in [3.63, 3.8) is 0 Å². The normalized spacial score (nSPS) is 31.4. The summed E-state index contributed by atoms with van der Waals surface area (Å²) in [6.45, 7) is 5.14. The average molecular weight is 321 g/mol. The van der Waals surface area contributed by atoms with E-state index in [1.807, 2.05) is 0 Å². The van der Waals surface area contributed by atoms with Crippen LogP contribution < -0.4 is 0 Å². The second-order valence-corrected chi connectivity index (χ2v) is 9.16. The highest BCUT2D eigenvalue weighted by atomic mass is 32.2. The molecule has 0 aromatic carbocycles. The van der Waals surface area contributed by atoms with E-state index >= 15 is 0 Å². The lowest BCUT2D eigenvalue weighted by Crippen LogP contribution is -2.58. The Balaban J connectivity index is 2.26. The molecule has 2 N–H and O–H groups in total. The van der Waals surface area contributed by atoms with Crippen molar-refractivity contribution in [3.05, 3.63) is 0 Å². The number of likely N-dealkylation sites (tertiary alicyclic amines) is 1. The van der Waals surface area contributed by atoms with E-state index in [1.54, 1.807) is 20.8 Å². The second-order valence-electron chi connectivity index (χ2n) is 6.86. The molecule has 0 aromatic rings. The van der Waals surface area contributed by atoms with Crippen LogP contribution >= 0.6 is 0 Å². The predicted molar refractivity (Wildman–Crippen MR) is 75.6 cm³/mol. The zero-order chi connectivity index (χ0) is 16.1. The first-order valence-electron chi connectivity index (χ1n) is 7.04. The molecule has 1 spiro atoms. The van der Waals surface area contributed by atoms with E-state index in [-0.39, 0.29) is 30.9 Å². The van der Waals surface area contributed by atoms with Gasteiger partial charge in [0.1, 0.15) is 11.7 Å². The van der Waals surface area contributed by atoms with E-state index in [9.17, 15) is 23.4 Å². The number of ether oxygens (including phenoxy) is 1. The van der Waals surface area contributed by atoms with Crippen LogP contribution in [0.2, 0.25) is 0 Å². The molecule has 0 bridgehead atoms. The van der Waals surface area contributed by atoms with E-state index < -0.39 is 39.3 Å². The van der Waals surface area contributed by atoms with Gasteiger partial charge in [-0.3, -0.25) is 4.90 Å². The van der Waals surface area contributed by atoms with Crippen LogP contribution in [0.5, 0.6) is 0 Å². The number of aliphatic hydroxyl groups excluding tert-OH is 2. The van der Waals surface area contributed by atoms with Crippen molar-refractivity contribution in [1.29, 1.82) is 0 Å². The molecule has 0 aromatic heterocycles. The lowest BCUT2D eigenvalue weighted by atomic mass is 9.86. The van der Waals surface area contributed by atoms with E-state index in [2.05, 4.69) is 0 Å². The molecule has 2 unspecified atom stereocenters.